The molecule has 0 unspecified atom stereocenters. The van der Waals surface area contributed by atoms with Crippen molar-refractivity contribution in [3.63, 3.8) is 0 Å². The first-order chi connectivity index (χ1) is 16.8. The van der Waals surface area contributed by atoms with Gasteiger partial charge in [-0.3, -0.25) is 14.2 Å². The van der Waals surface area contributed by atoms with E-state index in [9.17, 15) is 17.6 Å². The van der Waals surface area contributed by atoms with Gasteiger partial charge >= 0.3 is 0 Å². The molecule has 3 heterocycles. The van der Waals surface area contributed by atoms with Gasteiger partial charge in [-0.2, -0.15) is 5.10 Å². The second-order valence-electron chi connectivity index (χ2n) is 8.19. The summed E-state index contributed by atoms with van der Waals surface area (Å²) < 4.78 is 43.6. The Morgan fingerprint density at radius 1 is 1.00 bits per heavy atom. The van der Waals surface area contributed by atoms with E-state index >= 15 is 0 Å². The third kappa shape index (κ3) is 4.52. The van der Waals surface area contributed by atoms with E-state index in [1.165, 1.54) is 37.4 Å². The van der Waals surface area contributed by atoms with Crippen LogP contribution in [0.25, 0.3) is 22.4 Å². The van der Waals surface area contributed by atoms with E-state index in [4.69, 9.17) is 5.10 Å². The fourth-order valence-corrected chi connectivity index (χ4v) is 5.16. The van der Waals surface area contributed by atoms with E-state index in [2.05, 4.69) is 9.71 Å². The maximum Gasteiger partial charge on any atom is 0.263 e. The van der Waals surface area contributed by atoms with Crippen LogP contribution in [0.3, 0.4) is 0 Å². The number of halogens is 1. The summed E-state index contributed by atoms with van der Waals surface area (Å²) in [5, 5.41) is 4.77. The molecule has 5 rings (SSSR count). The molecular formula is C25H22FN5O3S. The van der Waals surface area contributed by atoms with E-state index < -0.39 is 10.0 Å². The van der Waals surface area contributed by atoms with Crippen LogP contribution < -0.4 is 4.72 Å². The topological polar surface area (TPSA) is 97.2 Å². The van der Waals surface area contributed by atoms with Gasteiger partial charge in [0.25, 0.3) is 10.0 Å². The number of nitrogens with zero attached hydrogens (tertiary/aromatic N) is 4. The second kappa shape index (κ2) is 8.95. The number of fused-ring (bicyclic) bond motifs is 1. The fourth-order valence-electron chi connectivity index (χ4n) is 4.14. The minimum atomic E-state index is -3.83. The zero-order chi connectivity index (χ0) is 24.6. The van der Waals surface area contributed by atoms with Gasteiger partial charge in [-0.15, -0.1) is 0 Å². The van der Waals surface area contributed by atoms with Crippen LogP contribution in [-0.2, 0) is 27.9 Å². The lowest BCUT2D eigenvalue weighted by atomic mass is 9.98. The zero-order valence-electron chi connectivity index (χ0n) is 18.8. The van der Waals surface area contributed by atoms with Crippen LogP contribution in [0.2, 0.25) is 0 Å². The number of nitrogens with one attached hydrogen (secondary N) is 1. The van der Waals surface area contributed by atoms with Crippen LogP contribution in [0.1, 0.15) is 12.6 Å². The van der Waals surface area contributed by atoms with Crippen molar-refractivity contribution >= 4 is 21.7 Å². The van der Waals surface area contributed by atoms with Gasteiger partial charge in [-0.25, -0.2) is 17.8 Å². The summed E-state index contributed by atoms with van der Waals surface area (Å²) in [4.78, 5) is 18.1. The first-order valence-corrected chi connectivity index (χ1v) is 12.5. The Morgan fingerprint density at radius 2 is 1.74 bits per heavy atom. The van der Waals surface area contributed by atoms with Crippen LogP contribution in [-0.4, -0.2) is 40.5 Å². The SMILES string of the molecule is CC(=O)N1CCn2nc(-c3ccc(F)cc3)c(-c3ccnc(NS(=O)(=O)c4ccccc4)c3)c2C1. The quantitative estimate of drug-likeness (QED) is 0.457. The molecule has 0 saturated heterocycles. The molecule has 1 N–H and O–H groups in total. The summed E-state index contributed by atoms with van der Waals surface area (Å²) >= 11 is 0. The molecule has 0 fully saturated rings. The first-order valence-electron chi connectivity index (χ1n) is 11.0. The van der Waals surface area contributed by atoms with E-state index in [1.807, 2.05) is 4.68 Å². The molecule has 2 aromatic carbocycles. The van der Waals surface area contributed by atoms with Crippen molar-refractivity contribution < 1.29 is 17.6 Å². The number of carbonyl (C=O) groups excluding carboxylic acids is 1. The van der Waals surface area contributed by atoms with Crippen molar-refractivity contribution in [1.29, 1.82) is 0 Å². The lowest BCUT2D eigenvalue weighted by Crippen LogP contribution is -2.37. The van der Waals surface area contributed by atoms with Gasteiger partial charge in [0.15, 0.2) is 0 Å². The highest BCUT2D eigenvalue weighted by atomic mass is 32.2. The normalized spacial score (nSPS) is 13.4. The van der Waals surface area contributed by atoms with Gasteiger partial charge in [-0.05, 0) is 54.1 Å². The summed E-state index contributed by atoms with van der Waals surface area (Å²) in [7, 11) is -3.83. The third-order valence-corrected chi connectivity index (χ3v) is 7.25. The molecule has 8 nitrogen and oxygen atoms in total. The Morgan fingerprint density at radius 3 is 2.46 bits per heavy atom. The molecule has 1 aliphatic rings. The number of hydrogen-bond acceptors (Lipinski definition) is 5. The van der Waals surface area contributed by atoms with E-state index in [0.717, 1.165) is 11.3 Å². The van der Waals surface area contributed by atoms with Gasteiger partial charge in [0, 0.05) is 30.8 Å². The van der Waals surface area contributed by atoms with Crippen molar-refractivity contribution in [2.24, 2.45) is 0 Å². The molecule has 10 heteroatoms. The van der Waals surface area contributed by atoms with E-state index in [1.54, 1.807) is 47.4 Å². The molecule has 0 atom stereocenters. The summed E-state index contributed by atoms with van der Waals surface area (Å²) in [5.41, 5.74) is 3.56. The number of rotatable bonds is 5. The molecule has 0 bridgehead atoms. The van der Waals surface area contributed by atoms with Crippen molar-refractivity contribution in [2.45, 2.75) is 24.9 Å². The molecule has 35 heavy (non-hydrogen) atoms. The van der Waals surface area contributed by atoms with Crippen molar-refractivity contribution in [3.05, 3.63) is 84.4 Å². The molecule has 0 radical (unpaired) electrons. The summed E-state index contributed by atoms with van der Waals surface area (Å²) in [6, 6.07) is 17.5. The van der Waals surface area contributed by atoms with Crippen LogP contribution in [0, 0.1) is 5.82 Å². The van der Waals surface area contributed by atoms with Crippen LogP contribution in [0.5, 0.6) is 0 Å². The highest BCUT2D eigenvalue weighted by molar-refractivity contribution is 7.92. The lowest BCUT2D eigenvalue weighted by Gasteiger charge is -2.27. The predicted molar refractivity (Wildman–Crippen MR) is 129 cm³/mol. The molecular weight excluding hydrogens is 469 g/mol. The summed E-state index contributed by atoms with van der Waals surface area (Å²) in [6.07, 6.45) is 1.52. The van der Waals surface area contributed by atoms with Crippen LogP contribution in [0.15, 0.2) is 77.8 Å². The van der Waals surface area contributed by atoms with Crippen molar-refractivity contribution in [1.82, 2.24) is 19.7 Å². The number of anilines is 1. The lowest BCUT2D eigenvalue weighted by molar-refractivity contribution is -0.130. The van der Waals surface area contributed by atoms with Crippen molar-refractivity contribution in [2.75, 3.05) is 11.3 Å². The smallest absolute Gasteiger partial charge is 0.263 e. The number of carbonyl (C=O) groups is 1. The second-order valence-corrected chi connectivity index (χ2v) is 9.87. The summed E-state index contributed by atoms with van der Waals surface area (Å²) in [6.45, 7) is 2.92. The standard InChI is InChI=1S/C25H22FN5O3S/c1-17(32)30-13-14-31-22(16-30)24(25(28-31)18-7-9-20(26)10-8-18)19-11-12-27-23(15-19)29-35(33,34)21-5-3-2-4-6-21/h2-12,15H,13-14,16H2,1H3,(H,27,29). The molecule has 0 spiro atoms. The average Bonchev–Trinajstić information content (AvgIpc) is 3.23. The fraction of sp³-hybridized carbons (Fsp3) is 0.160. The number of benzene rings is 2. The number of aromatic nitrogens is 3. The Bertz CT molecular complexity index is 1500. The van der Waals surface area contributed by atoms with Gasteiger partial charge in [-0.1, -0.05) is 18.2 Å². The van der Waals surface area contributed by atoms with Crippen LogP contribution >= 0.6 is 0 Å². The van der Waals surface area contributed by atoms with Gasteiger partial charge in [0.05, 0.1) is 23.7 Å². The Balaban J connectivity index is 1.60. The molecule has 0 aliphatic carbocycles. The zero-order valence-corrected chi connectivity index (χ0v) is 19.7. The van der Waals surface area contributed by atoms with Gasteiger partial charge in [0.2, 0.25) is 5.91 Å². The van der Waals surface area contributed by atoms with E-state index in [-0.39, 0.29) is 22.4 Å². The van der Waals surface area contributed by atoms with E-state index in [0.29, 0.717) is 36.5 Å². The Hall–Kier alpha value is -4.05. The van der Waals surface area contributed by atoms with Crippen molar-refractivity contribution in [3.8, 4) is 22.4 Å². The molecule has 1 aliphatic heterocycles. The highest BCUT2D eigenvalue weighted by Crippen LogP contribution is 2.37. The predicted octanol–water partition coefficient (Wildman–Crippen LogP) is 3.91. The number of pyridine rings is 1. The summed E-state index contributed by atoms with van der Waals surface area (Å²) in [5.74, 6) is -0.253. The average molecular weight is 492 g/mol. The monoisotopic (exact) mass is 491 g/mol. The number of sulfonamides is 1. The first kappa shape index (κ1) is 22.7. The third-order valence-electron chi connectivity index (χ3n) is 5.88. The highest BCUT2D eigenvalue weighted by Gasteiger charge is 2.27. The maximum absolute atomic E-state index is 13.6. The molecule has 0 saturated carbocycles. The Labute approximate surface area is 202 Å². The van der Waals surface area contributed by atoms with Crippen LogP contribution in [0.4, 0.5) is 10.2 Å². The number of hydrogen-bond donors (Lipinski definition) is 1. The largest absolute Gasteiger partial charge is 0.335 e. The molecule has 2 aromatic heterocycles. The molecule has 4 aromatic rings. The van der Waals surface area contributed by atoms with Gasteiger partial charge in [0.1, 0.15) is 17.3 Å². The number of amides is 1. The minimum Gasteiger partial charge on any atom is -0.335 e. The minimum absolute atomic E-state index is 0.0437. The Kier molecular flexibility index (Phi) is 5.81. The molecule has 1 amide bonds. The molecule has 178 valence electrons. The van der Waals surface area contributed by atoms with Gasteiger partial charge < -0.3 is 4.90 Å². The maximum atomic E-state index is 13.6.